The van der Waals surface area contributed by atoms with Crippen molar-refractivity contribution in [2.45, 2.75) is 32.1 Å². The van der Waals surface area contributed by atoms with Gasteiger partial charge in [0.2, 0.25) is 0 Å². The van der Waals surface area contributed by atoms with Crippen molar-refractivity contribution < 1.29 is 14.4 Å². The van der Waals surface area contributed by atoms with Gasteiger partial charge in [0.05, 0.1) is 5.92 Å². The van der Waals surface area contributed by atoms with Crippen LogP contribution in [0.25, 0.3) is 0 Å². The zero-order valence-electron chi connectivity index (χ0n) is 10.2. The average Bonchev–Trinajstić information content (AvgIpc) is 2.39. The smallest absolute Gasteiger partial charge is 0.162 e. The molecule has 1 aromatic rings. The van der Waals surface area contributed by atoms with E-state index in [1.165, 1.54) is 0 Å². The second-order valence-electron chi connectivity index (χ2n) is 4.67. The molecule has 3 nitrogen and oxygen atoms in total. The maximum absolute atomic E-state index is 11.9. The molecule has 0 bridgehead atoms. The number of ketones is 3. The van der Waals surface area contributed by atoms with Gasteiger partial charge >= 0.3 is 0 Å². The molecule has 1 aliphatic rings. The molecule has 0 heterocycles. The molecule has 2 rings (SSSR count). The van der Waals surface area contributed by atoms with Crippen molar-refractivity contribution in [2.24, 2.45) is 5.92 Å². The third-order valence-corrected chi connectivity index (χ3v) is 3.38. The molecule has 0 spiro atoms. The van der Waals surface area contributed by atoms with Crippen LogP contribution in [0.5, 0.6) is 0 Å². The Morgan fingerprint density at radius 1 is 1.06 bits per heavy atom. The lowest BCUT2D eigenvalue weighted by Gasteiger charge is -2.18. The van der Waals surface area contributed by atoms with Crippen LogP contribution >= 0.6 is 0 Å². The summed E-state index contributed by atoms with van der Waals surface area (Å²) < 4.78 is 0. The van der Waals surface area contributed by atoms with Crippen LogP contribution in [0.1, 0.15) is 42.5 Å². The van der Waals surface area contributed by atoms with Crippen molar-refractivity contribution in [3.63, 3.8) is 0 Å². The van der Waals surface area contributed by atoms with E-state index in [2.05, 4.69) is 0 Å². The number of hydrogen-bond donors (Lipinski definition) is 0. The highest BCUT2D eigenvalue weighted by Crippen LogP contribution is 2.22. The van der Waals surface area contributed by atoms with Crippen molar-refractivity contribution in [1.29, 1.82) is 0 Å². The van der Waals surface area contributed by atoms with Gasteiger partial charge in [-0.3, -0.25) is 14.4 Å². The third kappa shape index (κ3) is 2.92. The Hall–Kier alpha value is -1.77. The van der Waals surface area contributed by atoms with E-state index in [9.17, 15) is 14.4 Å². The molecular formula is C15H16O3. The minimum atomic E-state index is -0.536. The lowest BCUT2D eigenvalue weighted by molar-refractivity contribution is -0.135. The zero-order chi connectivity index (χ0) is 13.0. The van der Waals surface area contributed by atoms with Gasteiger partial charge in [0.1, 0.15) is 11.6 Å². The molecule has 0 N–H and O–H groups in total. The molecule has 1 aromatic carbocycles. The Morgan fingerprint density at radius 2 is 1.67 bits per heavy atom. The first-order valence-corrected chi connectivity index (χ1v) is 6.32. The Labute approximate surface area is 106 Å². The number of benzene rings is 1. The maximum atomic E-state index is 11.9. The van der Waals surface area contributed by atoms with Gasteiger partial charge in [0.25, 0.3) is 0 Å². The predicted octanol–water partition coefficient (Wildman–Crippen LogP) is 2.59. The van der Waals surface area contributed by atoms with Crippen LogP contribution in [0, 0.1) is 5.92 Å². The summed E-state index contributed by atoms with van der Waals surface area (Å²) in [6, 6.07) is 8.99. The maximum Gasteiger partial charge on any atom is 0.162 e. The van der Waals surface area contributed by atoms with Crippen molar-refractivity contribution in [3.8, 4) is 0 Å². The number of carbonyl (C=O) groups is 3. The van der Waals surface area contributed by atoms with Gasteiger partial charge in [-0.15, -0.1) is 0 Å². The minimum Gasteiger partial charge on any atom is -0.299 e. The van der Waals surface area contributed by atoms with Gasteiger partial charge in [0.15, 0.2) is 5.78 Å². The van der Waals surface area contributed by atoms with E-state index in [-0.39, 0.29) is 23.8 Å². The summed E-state index contributed by atoms with van der Waals surface area (Å²) in [4.78, 5) is 35.1. The Balaban J connectivity index is 1.93. The zero-order valence-corrected chi connectivity index (χ0v) is 10.2. The van der Waals surface area contributed by atoms with Crippen LogP contribution in [0.15, 0.2) is 30.3 Å². The van der Waals surface area contributed by atoms with Crippen LogP contribution in [-0.2, 0) is 9.59 Å². The van der Waals surface area contributed by atoms with E-state index in [1.807, 2.05) is 18.2 Å². The fourth-order valence-corrected chi connectivity index (χ4v) is 2.33. The van der Waals surface area contributed by atoms with Crippen LogP contribution in [0.2, 0.25) is 0 Å². The third-order valence-electron chi connectivity index (χ3n) is 3.38. The molecule has 0 atom stereocenters. The highest BCUT2D eigenvalue weighted by atomic mass is 16.2. The molecule has 1 saturated carbocycles. The number of Topliss-reactive ketones (excluding diaryl/α,β-unsaturated/α-hetero) is 3. The van der Waals surface area contributed by atoms with Crippen LogP contribution in [0.3, 0.4) is 0 Å². The highest BCUT2D eigenvalue weighted by Gasteiger charge is 2.29. The molecule has 94 valence electrons. The Bertz CT molecular complexity index is 446. The van der Waals surface area contributed by atoms with E-state index in [0.717, 1.165) is 0 Å². The summed E-state index contributed by atoms with van der Waals surface area (Å²) in [6.45, 7) is 0. The second-order valence-corrected chi connectivity index (χ2v) is 4.67. The predicted molar refractivity (Wildman–Crippen MR) is 67.4 cm³/mol. The lowest BCUT2D eigenvalue weighted by Crippen LogP contribution is -2.29. The number of carbonyl (C=O) groups excluding carboxylic acids is 3. The molecule has 0 aliphatic heterocycles. The minimum absolute atomic E-state index is 0.00164. The number of hydrogen-bond acceptors (Lipinski definition) is 3. The molecule has 18 heavy (non-hydrogen) atoms. The largest absolute Gasteiger partial charge is 0.299 e. The number of rotatable bonds is 4. The topological polar surface area (TPSA) is 51.2 Å². The van der Waals surface area contributed by atoms with E-state index < -0.39 is 5.92 Å². The Morgan fingerprint density at radius 3 is 2.28 bits per heavy atom. The van der Waals surface area contributed by atoms with Gasteiger partial charge in [-0.1, -0.05) is 30.3 Å². The van der Waals surface area contributed by atoms with Gasteiger partial charge in [-0.25, -0.2) is 0 Å². The van der Waals surface area contributed by atoms with Gasteiger partial charge in [0, 0.05) is 24.8 Å². The molecule has 1 aliphatic carbocycles. The second kappa shape index (κ2) is 5.71. The summed E-state index contributed by atoms with van der Waals surface area (Å²) in [6.07, 6.45) is 2.27. The average molecular weight is 244 g/mol. The summed E-state index contributed by atoms with van der Waals surface area (Å²) in [5.74, 6) is -0.521. The van der Waals surface area contributed by atoms with E-state index in [0.29, 0.717) is 31.2 Å². The van der Waals surface area contributed by atoms with Crippen molar-refractivity contribution in [1.82, 2.24) is 0 Å². The van der Waals surface area contributed by atoms with Gasteiger partial charge in [-0.2, -0.15) is 0 Å². The summed E-state index contributed by atoms with van der Waals surface area (Å²) in [5.41, 5.74) is 0.646. The molecule has 3 heteroatoms. The van der Waals surface area contributed by atoms with Crippen molar-refractivity contribution in [3.05, 3.63) is 35.9 Å². The first-order valence-electron chi connectivity index (χ1n) is 6.32. The van der Waals surface area contributed by atoms with Gasteiger partial charge < -0.3 is 0 Å². The summed E-state index contributed by atoms with van der Waals surface area (Å²) in [5, 5.41) is 0. The van der Waals surface area contributed by atoms with Crippen molar-refractivity contribution >= 4 is 17.3 Å². The molecule has 0 saturated heterocycles. The molecular weight excluding hydrogens is 228 g/mol. The lowest BCUT2D eigenvalue weighted by atomic mass is 9.83. The summed E-state index contributed by atoms with van der Waals surface area (Å²) in [7, 11) is 0. The van der Waals surface area contributed by atoms with Crippen LogP contribution < -0.4 is 0 Å². The molecule has 0 aromatic heterocycles. The van der Waals surface area contributed by atoms with E-state index in [4.69, 9.17) is 0 Å². The monoisotopic (exact) mass is 244 g/mol. The first-order chi connectivity index (χ1) is 8.68. The molecule has 0 radical (unpaired) electrons. The van der Waals surface area contributed by atoms with Crippen LogP contribution in [0.4, 0.5) is 0 Å². The highest BCUT2D eigenvalue weighted by molar-refractivity contribution is 6.05. The normalized spacial score (nSPS) is 16.9. The van der Waals surface area contributed by atoms with Crippen molar-refractivity contribution in [2.75, 3.05) is 0 Å². The quantitative estimate of drug-likeness (QED) is 0.604. The SMILES string of the molecule is O=C(CCC1C(=O)CCCC1=O)c1ccccc1. The fourth-order valence-electron chi connectivity index (χ4n) is 2.33. The standard InChI is InChI=1S/C15H16O3/c16-13(11-5-2-1-3-6-11)10-9-12-14(17)7-4-8-15(12)18/h1-3,5-6,12H,4,7-10H2. The molecule has 0 unspecified atom stereocenters. The van der Waals surface area contributed by atoms with Crippen LogP contribution in [-0.4, -0.2) is 17.3 Å². The van der Waals surface area contributed by atoms with E-state index in [1.54, 1.807) is 12.1 Å². The van der Waals surface area contributed by atoms with Gasteiger partial charge in [-0.05, 0) is 12.8 Å². The van der Waals surface area contributed by atoms with E-state index >= 15 is 0 Å². The Kier molecular flexibility index (Phi) is 4.03. The summed E-state index contributed by atoms with van der Waals surface area (Å²) >= 11 is 0. The molecule has 1 fully saturated rings. The fraction of sp³-hybridized carbons (Fsp3) is 0.400. The molecule has 0 amide bonds. The first kappa shape index (κ1) is 12.7.